The molecular weight excluding hydrogens is 256 g/mol. The number of aliphatic hydroxyl groups excluding tert-OH is 1. The van der Waals surface area contributed by atoms with Crippen LogP contribution in [0.25, 0.3) is 0 Å². The highest BCUT2D eigenvalue weighted by molar-refractivity contribution is 7.89. The van der Waals surface area contributed by atoms with Crippen molar-refractivity contribution in [1.82, 2.24) is 10.0 Å². The second-order valence-corrected chi connectivity index (χ2v) is 5.99. The van der Waals surface area contributed by atoms with Gasteiger partial charge in [0, 0.05) is 6.61 Å². The van der Waals surface area contributed by atoms with E-state index in [-0.39, 0.29) is 11.7 Å². The molecule has 0 saturated carbocycles. The molecule has 3 N–H and O–H groups in total. The topological polar surface area (TPSA) is 91.6 Å². The molecule has 0 saturated heterocycles. The van der Waals surface area contributed by atoms with E-state index in [9.17, 15) is 8.42 Å². The second-order valence-electron chi connectivity index (χ2n) is 4.18. The molecule has 0 aliphatic heterocycles. The van der Waals surface area contributed by atoms with Gasteiger partial charge >= 0.3 is 0 Å². The van der Waals surface area contributed by atoms with Crippen LogP contribution >= 0.6 is 0 Å². The first kappa shape index (κ1) is 15.2. The summed E-state index contributed by atoms with van der Waals surface area (Å²) < 4.78 is 30.3. The fraction of sp³-hybridized carbons (Fsp3) is 0.636. The molecule has 0 aromatic carbocycles. The van der Waals surface area contributed by atoms with Crippen LogP contribution in [0.3, 0.4) is 0 Å². The smallest absolute Gasteiger partial charge is 0.273 e. The molecule has 1 aromatic rings. The monoisotopic (exact) mass is 276 g/mol. The van der Waals surface area contributed by atoms with Gasteiger partial charge in [0.1, 0.15) is 5.76 Å². The minimum Gasteiger partial charge on any atom is -0.447 e. The van der Waals surface area contributed by atoms with E-state index in [0.29, 0.717) is 18.2 Å². The Labute approximate surface area is 107 Å². The third-order valence-corrected chi connectivity index (χ3v) is 3.87. The van der Waals surface area contributed by atoms with Gasteiger partial charge in [0.25, 0.3) is 10.0 Å². The van der Waals surface area contributed by atoms with Crippen molar-refractivity contribution in [3.63, 3.8) is 0 Å². The van der Waals surface area contributed by atoms with E-state index < -0.39 is 10.0 Å². The lowest BCUT2D eigenvalue weighted by atomic mass is 10.1. The zero-order chi connectivity index (χ0) is 13.6. The third-order valence-electron chi connectivity index (χ3n) is 2.58. The number of hydrogen-bond acceptors (Lipinski definition) is 5. The average Bonchev–Trinajstić information content (AvgIpc) is 2.79. The molecule has 1 rings (SSSR count). The van der Waals surface area contributed by atoms with Crippen molar-refractivity contribution in [2.75, 3.05) is 20.2 Å². The number of rotatable bonds is 8. The maximum absolute atomic E-state index is 11.4. The molecule has 7 heteroatoms. The highest BCUT2D eigenvalue weighted by Gasteiger charge is 2.16. The van der Waals surface area contributed by atoms with Crippen LogP contribution in [-0.2, 0) is 16.6 Å². The number of aliphatic hydroxyl groups is 1. The highest BCUT2D eigenvalue weighted by Crippen LogP contribution is 2.13. The Morgan fingerprint density at radius 3 is 2.78 bits per heavy atom. The summed E-state index contributed by atoms with van der Waals surface area (Å²) in [5.74, 6) is 0.936. The van der Waals surface area contributed by atoms with E-state index >= 15 is 0 Å². The quantitative estimate of drug-likeness (QED) is 0.635. The van der Waals surface area contributed by atoms with Crippen molar-refractivity contribution in [1.29, 1.82) is 0 Å². The van der Waals surface area contributed by atoms with E-state index in [1.54, 1.807) is 6.07 Å². The van der Waals surface area contributed by atoms with Crippen molar-refractivity contribution in [2.45, 2.75) is 25.0 Å². The van der Waals surface area contributed by atoms with Crippen molar-refractivity contribution in [3.8, 4) is 0 Å². The van der Waals surface area contributed by atoms with Crippen LogP contribution in [0.5, 0.6) is 0 Å². The number of nitrogens with one attached hydrogen (secondary N) is 2. The lowest BCUT2D eigenvalue weighted by Crippen LogP contribution is -2.21. The first-order valence-electron chi connectivity index (χ1n) is 5.83. The Morgan fingerprint density at radius 2 is 2.17 bits per heavy atom. The van der Waals surface area contributed by atoms with Gasteiger partial charge in [-0.3, -0.25) is 0 Å². The molecular formula is C11H20N2O4S. The molecule has 0 amide bonds. The predicted molar refractivity (Wildman–Crippen MR) is 67.5 cm³/mol. The summed E-state index contributed by atoms with van der Waals surface area (Å²) in [6.07, 6.45) is 0.741. The van der Waals surface area contributed by atoms with Gasteiger partial charge < -0.3 is 14.8 Å². The molecule has 1 unspecified atom stereocenters. The van der Waals surface area contributed by atoms with Crippen molar-refractivity contribution in [3.05, 3.63) is 17.9 Å². The Balaban J connectivity index is 2.45. The van der Waals surface area contributed by atoms with Gasteiger partial charge in [-0.05, 0) is 38.1 Å². The summed E-state index contributed by atoms with van der Waals surface area (Å²) in [7, 11) is -2.17. The Bertz CT molecular complexity index is 455. The molecule has 6 nitrogen and oxygen atoms in total. The Kier molecular flexibility index (Phi) is 5.80. The van der Waals surface area contributed by atoms with Crippen LogP contribution in [0.1, 0.15) is 19.1 Å². The van der Waals surface area contributed by atoms with Crippen LogP contribution in [0.15, 0.2) is 21.6 Å². The fourth-order valence-electron chi connectivity index (χ4n) is 1.46. The molecule has 0 aliphatic carbocycles. The van der Waals surface area contributed by atoms with Gasteiger partial charge in [-0.2, -0.15) is 0 Å². The van der Waals surface area contributed by atoms with Gasteiger partial charge in [-0.15, -0.1) is 0 Å². The summed E-state index contributed by atoms with van der Waals surface area (Å²) in [4.78, 5) is 0. The third kappa shape index (κ3) is 4.41. The minimum absolute atomic E-state index is 0.0785. The van der Waals surface area contributed by atoms with Gasteiger partial charge in [-0.1, -0.05) is 6.92 Å². The number of sulfonamides is 1. The van der Waals surface area contributed by atoms with Gasteiger partial charge in [0.05, 0.1) is 6.54 Å². The zero-order valence-corrected chi connectivity index (χ0v) is 11.5. The fourth-order valence-corrected chi connectivity index (χ4v) is 2.13. The molecule has 104 valence electrons. The van der Waals surface area contributed by atoms with E-state index in [2.05, 4.69) is 10.0 Å². The van der Waals surface area contributed by atoms with Crippen LogP contribution in [0.2, 0.25) is 0 Å². The Hall–Kier alpha value is -0.890. The van der Waals surface area contributed by atoms with Crippen LogP contribution in [-0.4, -0.2) is 33.7 Å². The zero-order valence-electron chi connectivity index (χ0n) is 10.6. The lowest BCUT2D eigenvalue weighted by molar-refractivity contribution is 0.259. The standard InChI is InChI=1S/C11H20N2O4S/c1-9(5-6-14)7-13-8-10-3-4-11(17-10)18(15,16)12-2/h3-4,9,12-14H,5-8H2,1-2H3. The molecule has 0 aliphatic rings. The largest absolute Gasteiger partial charge is 0.447 e. The molecule has 18 heavy (non-hydrogen) atoms. The van der Waals surface area contributed by atoms with Crippen molar-refractivity contribution >= 4 is 10.0 Å². The second kappa shape index (κ2) is 6.89. The van der Waals surface area contributed by atoms with E-state index in [4.69, 9.17) is 9.52 Å². The number of furan rings is 1. The molecule has 0 radical (unpaired) electrons. The van der Waals surface area contributed by atoms with Crippen LogP contribution in [0, 0.1) is 5.92 Å². The molecule has 0 bridgehead atoms. The van der Waals surface area contributed by atoms with Gasteiger partial charge in [0.15, 0.2) is 0 Å². The number of hydrogen-bond donors (Lipinski definition) is 3. The molecule has 0 spiro atoms. The molecule has 1 heterocycles. The van der Waals surface area contributed by atoms with Gasteiger partial charge in [0.2, 0.25) is 5.09 Å². The Morgan fingerprint density at radius 1 is 1.44 bits per heavy atom. The van der Waals surface area contributed by atoms with E-state index in [1.807, 2.05) is 6.92 Å². The first-order chi connectivity index (χ1) is 8.49. The average molecular weight is 276 g/mol. The summed E-state index contributed by atoms with van der Waals surface area (Å²) in [5.41, 5.74) is 0. The summed E-state index contributed by atoms with van der Waals surface area (Å²) >= 11 is 0. The van der Waals surface area contributed by atoms with Crippen molar-refractivity contribution in [2.24, 2.45) is 5.92 Å². The summed E-state index contributed by atoms with van der Waals surface area (Å²) in [5, 5.41) is 11.8. The maximum atomic E-state index is 11.4. The lowest BCUT2D eigenvalue weighted by Gasteiger charge is -2.09. The predicted octanol–water partition coefficient (Wildman–Crippen LogP) is 0.296. The van der Waals surface area contributed by atoms with Crippen LogP contribution in [0.4, 0.5) is 0 Å². The maximum Gasteiger partial charge on any atom is 0.273 e. The van der Waals surface area contributed by atoms with E-state index in [1.165, 1.54) is 13.1 Å². The minimum atomic E-state index is -3.50. The van der Waals surface area contributed by atoms with Crippen LogP contribution < -0.4 is 10.0 Å². The van der Waals surface area contributed by atoms with Gasteiger partial charge in [-0.25, -0.2) is 13.1 Å². The molecule has 1 atom stereocenters. The first-order valence-corrected chi connectivity index (χ1v) is 7.31. The summed E-state index contributed by atoms with van der Waals surface area (Å²) in [6.45, 7) is 3.42. The molecule has 1 aromatic heterocycles. The molecule has 0 fully saturated rings. The SMILES string of the molecule is CNS(=O)(=O)c1ccc(CNCC(C)CCO)o1. The highest BCUT2D eigenvalue weighted by atomic mass is 32.2. The normalized spacial score (nSPS) is 13.7. The summed E-state index contributed by atoms with van der Waals surface area (Å²) in [6, 6.07) is 3.06. The van der Waals surface area contributed by atoms with Crippen molar-refractivity contribution < 1.29 is 17.9 Å². The van der Waals surface area contributed by atoms with E-state index in [0.717, 1.165) is 13.0 Å².